The number of piperidine rings is 1. The molecule has 1 aromatic carbocycles. The van der Waals surface area contributed by atoms with Crippen LogP contribution in [0.15, 0.2) is 30.3 Å². The molecule has 116 valence electrons. The predicted molar refractivity (Wildman–Crippen MR) is 87.3 cm³/mol. The SMILES string of the molecule is CC(C)(CCc1ccccc1)NCC(=O)N1CCCCC1. The summed E-state index contributed by atoms with van der Waals surface area (Å²) < 4.78 is 0. The number of nitrogens with zero attached hydrogens (tertiary/aromatic N) is 1. The summed E-state index contributed by atoms with van der Waals surface area (Å²) in [5, 5.41) is 3.44. The molecule has 1 amide bonds. The number of rotatable bonds is 6. The van der Waals surface area contributed by atoms with Crippen molar-refractivity contribution in [1.29, 1.82) is 0 Å². The lowest BCUT2D eigenvalue weighted by Crippen LogP contribution is -2.47. The molecule has 1 saturated heterocycles. The van der Waals surface area contributed by atoms with Crippen LogP contribution in [-0.2, 0) is 11.2 Å². The van der Waals surface area contributed by atoms with E-state index >= 15 is 0 Å². The minimum atomic E-state index is -0.0126. The number of carbonyl (C=O) groups excluding carboxylic acids is 1. The maximum absolute atomic E-state index is 12.2. The van der Waals surface area contributed by atoms with Crippen molar-refractivity contribution in [3.63, 3.8) is 0 Å². The highest BCUT2D eigenvalue weighted by atomic mass is 16.2. The van der Waals surface area contributed by atoms with Gasteiger partial charge in [-0.3, -0.25) is 4.79 Å². The average Bonchev–Trinajstić information content (AvgIpc) is 2.53. The Morgan fingerprint density at radius 2 is 1.81 bits per heavy atom. The zero-order valence-corrected chi connectivity index (χ0v) is 13.4. The second kappa shape index (κ2) is 7.60. The van der Waals surface area contributed by atoms with Gasteiger partial charge in [-0.25, -0.2) is 0 Å². The number of hydrogen-bond donors (Lipinski definition) is 1. The van der Waals surface area contributed by atoms with Gasteiger partial charge in [0.2, 0.25) is 5.91 Å². The Morgan fingerprint density at radius 1 is 1.14 bits per heavy atom. The lowest BCUT2D eigenvalue weighted by Gasteiger charge is -2.30. The minimum absolute atomic E-state index is 0.0126. The molecular weight excluding hydrogens is 260 g/mol. The van der Waals surface area contributed by atoms with E-state index in [1.807, 2.05) is 11.0 Å². The fourth-order valence-electron chi connectivity index (χ4n) is 2.76. The summed E-state index contributed by atoms with van der Waals surface area (Å²) in [6.07, 6.45) is 5.65. The standard InChI is InChI=1S/C18H28N2O/c1-18(2,12-11-16-9-5-3-6-10-16)19-15-17(21)20-13-7-4-8-14-20/h3,5-6,9-10,19H,4,7-8,11-15H2,1-2H3. The molecule has 0 aliphatic carbocycles. The van der Waals surface area contributed by atoms with E-state index in [1.54, 1.807) is 0 Å². The van der Waals surface area contributed by atoms with Crippen molar-refractivity contribution in [3.8, 4) is 0 Å². The fourth-order valence-corrected chi connectivity index (χ4v) is 2.76. The van der Waals surface area contributed by atoms with Crippen molar-refractivity contribution in [2.45, 2.75) is 51.5 Å². The van der Waals surface area contributed by atoms with Crippen LogP contribution in [0.3, 0.4) is 0 Å². The molecule has 2 rings (SSSR count). The third-order valence-corrected chi connectivity index (χ3v) is 4.31. The fraction of sp³-hybridized carbons (Fsp3) is 0.611. The third kappa shape index (κ3) is 5.50. The van der Waals surface area contributed by atoms with Crippen LogP contribution in [0.25, 0.3) is 0 Å². The molecule has 1 heterocycles. The molecule has 0 aromatic heterocycles. The Labute approximate surface area is 128 Å². The quantitative estimate of drug-likeness (QED) is 0.873. The van der Waals surface area contributed by atoms with Crippen LogP contribution in [-0.4, -0.2) is 36.0 Å². The van der Waals surface area contributed by atoms with Crippen molar-refractivity contribution in [1.82, 2.24) is 10.2 Å². The van der Waals surface area contributed by atoms with Crippen molar-refractivity contribution in [2.24, 2.45) is 0 Å². The Kier molecular flexibility index (Phi) is 5.80. The molecule has 3 nitrogen and oxygen atoms in total. The van der Waals surface area contributed by atoms with Crippen molar-refractivity contribution < 1.29 is 4.79 Å². The maximum atomic E-state index is 12.2. The lowest BCUT2D eigenvalue weighted by molar-refractivity contribution is -0.131. The maximum Gasteiger partial charge on any atom is 0.236 e. The van der Waals surface area contributed by atoms with Gasteiger partial charge in [0.05, 0.1) is 6.54 Å². The summed E-state index contributed by atoms with van der Waals surface area (Å²) in [4.78, 5) is 14.2. The Balaban J connectivity index is 1.74. The van der Waals surface area contributed by atoms with Gasteiger partial charge in [-0.1, -0.05) is 30.3 Å². The first-order valence-corrected chi connectivity index (χ1v) is 8.14. The van der Waals surface area contributed by atoms with Gasteiger partial charge in [0.25, 0.3) is 0 Å². The summed E-state index contributed by atoms with van der Waals surface area (Å²) in [6, 6.07) is 10.5. The lowest BCUT2D eigenvalue weighted by atomic mass is 9.95. The highest BCUT2D eigenvalue weighted by Gasteiger charge is 2.21. The predicted octanol–water partition coefficient (Wildman–Crippen LogP) is 3.00. The Morgan fingerprint density at radius 3 is 2.48 bits per heavy atom. The Hall–Kier alpha value is -1.35. The monoisotopic (exact) mass is 288 g/mol. The van der Waals surface area contributed by atoms with Gasteiger partial charge in [-0.05, 0) is 51.5 Å². The normalized spacial score (nSPS) is 16.0. The van der Waals surface area contributed by atoms with Gasteiger partial charge in [0.1, 0.15) is 0 Å². The van der Waals surface area contributed by atoms with Crippen molar-refractivity contribution in [3.05, 3.63) is 35.9 Å². The van der Waals surface area contributed by atoms with E-state index in [9.17, 15) is 4.79 Å². The molecule has 1 fully saturated rings. The van der Waals surface area contributed by atoms with Gasteiger partial charge in [0, 0.05) is 18.6 Å². The van der Waals surface area contributed by atoms with Gasteiger partial charge in [-0.2, -0.15) is 0 Å². The van der Waals surface area contributed by atoms with Crippen LogP contribution in [0.4, 0.5) is 0 Å². The zero-order chi connectivity index (χ0) is 15.1. The van der Waals surface area contributed by atoms with E-state index in [1.165, 1.54) is 12.0 Å². The molecule has 0 bridgehead atoms. The molecule has 0 atom stereocenters. The molecule has 1 aromatic rings. The zero-order valence-electron chi connectivity index (χ0n) is 13.4. The largest absolute Gasteiger partial charge is 0.342 e. The smallest absolute Gasteiger partial charge is 0.236 e. The molecule has 1 aliphatic rings. The number of amides is 1. The van der Waals surface area contributed by atoms with Crippen LogP contribution in [0.2, 0.25) is 0 Å². The summed E-state index contributed by atoms with van der Waals surface area (Å²) in [5.41, 5.74) is 1.34. The van der Waals surface area contributed by atoms with Gasteiger partial charge >= 0.3 is 0 Å². The second-order valence-electron chi connectivity index (χ2n) is 6.66. The molecular formula is C18H28N2O. The van der Waals surface area contributed by atoms with Crippen LogP contribution >= 0.6 is 0 Å². The molecule has 1 aliphatic heterocycles. The number of carbonyl (C=O) groups is 1. The van der Waals surface area contributed by atoms with E-state index in [0.717, 1.165) is 38.8 Å². The highest BCUT2D eigenvalue weighted by Crippen LogP contribution is 2.14. The summed E-state index contributed by atoms with van der Waals surface area (Å²) in [6.45, 7) is 6.69. The van der Waals surface area contributed by atoms with Crippen molar-refractivity contribution >= 4 is 5.91 Å². The number of likely N-dealkylation sites (tertiary alicyclic amines) is 1. The molecule has 21 heavy (non-hydrogen) atoms. The van der Waals surface area contributed by atoms with Crippen LogP contribution in [0.5, 0.6) is 0 Å². The number of hydrogen-bond acceptors (Lipinski definition) is 2. The molecule has 3 heteroatoms. The van der Waals surface area contributed by atoms with Crippen LogP contribution in [0, 0.1) is 0 Å². The molecule has 0 saturated carbocycles. The summed E-state index contributed by atoms with van der Waals surface area (Å²) >= 11 is 0. The molecule has 1 N–H and O–H groups in total. The second-order valence-corrected chi connectivity index (χ2v) is 6.66. The average molecular weight is 288 g/mol. The van der Waals surface area contributed by atoms with Crippen LogP contribution in [0.1, 0.15) is 45.1 Å². The van der Waals surface area contributed by atoms with E-state index in [0.29, 0.717) is 6.54 Å². The first-order valence-electron chi connectivity index (χ1n) is 8.14. The first kappa shape index (κ1) is 16.0. The van der Waals surface area contributed by atoms with Gasteiger partial charge in [-0.15, -0.1) is 0 Å². The van der Waals surface area contributed by atoms with E-state index < -0.39 is 0 Å². The summed E-state index contributed by atoms with van der Waals surface area (Å²) in [7, 11) is 0. The highest BCUT2D eigenvalue weighted by molar-refractivity contribution is 5.78. The third-order valence-electron chi connectivity index (χ3n) is 4.31. The van der Waals surface area contributed by atoms with Gasteiger partial charge in [0.15, 0.2) is 0 Å². The molecule has 0 unspecified atom stereocenters. The van der Waals surface area contributed by atoms with E-state index in [4.69, 9.17) is 0 Å². The number of aryl methyl sites for hydroxylation is 1. The Bertz CT molecular complexity index is 436. The first-order chi connectivity index (χ1) is 10.1. The van der Waals surface area contributed by atoms with E-state index in [2.05, 4.69) is 43.4 Å². The summed E-state index contributed by atoms with van der Waals surface area (Å²) in [5.74, 6) is 0.252. The minimum Gasteiger partial charge on any atom is -0.342 e. The van der Waals surface area contributed by atoms with Crippen molar-refractivity contribution in [2.75, 3.05) is 19.6 Å². The molecule has 0 spiro atoms. The molecule has 0 radical (unpaired) electrons. The topological polar surface area (TPSA) is 32.3 Å². The van der Waals surface area contributed by atoms with Crippen LogP contribution < -0.4 is 5.32 Å². The number of nitrogens with one attached hydrogen (secondary N) is 1. The van der Waals surface area contributed by atoms with E-state index in [-0.39, 0.29) is 11.4 Å². The van der Waals surface area contributed by atoms with Gasteiger partial charge < -0.3 is 10.2 Å². The number of benzene rings is 1.